The fourth-order valence-corrected chi connectivity index (χ4v) is 3.40. The molecule has 7 heteroatoms. The van der Waals surface area contributed by atoms with Crippen LogP contribution in [0.5, 0.6) is 0 Å². The minimum absolute atomic E-state index is 0.0257. The van der Waals surface area contributed by atoms with Crippen LogP contribution in [0.2, 0.25) is 0 Å². The molecule has 1 fully saturated rings. The molecule has 2 heterocycles. The van der Waals surface area contributed by atoms with Crippen molar-refractivity contribution in [3.05, 3.63) is 29.6 Å². The maximum atomic E-state index is 12.7. The van der Waals surface area contributed by atoms with Gasteiger partial charge in [-0.3, -0.25) is 14.6 Å². The summed E-state index contributed by atoms with van der Waals surface area (Å²) in [6.07, 6.45) is 1.53. The second kappa shape index (κ2) is 8.14. The van der Waals surface area contributed by atoms with E-state index in [1.54, 1.807) is 41.9 Å². The second-order valence-electron chi connectivity index (χ2n) is 4.89. The summed E-state index contributed by atoms with van der Waals surface area (Å²) in [7, 11) is 0. The molecule has 0 aliphatic carbocycles. The van der Waals surface area contributed by atoms with E-state index in [2.05, 4.69) is 4.98 Å². The van der Waals surface area contributed by atoms with Crippen LogP contribution in [-0.2, 0) is 16.0 Å². The van der Waals surface area contributed by atoms with Crippen molar-refractivity contribution in [2.24, 2.45) is 0 Å². The molecule has 1 N–H and O–H groups in total. The largest absolute Gasteiger partial charge is 0.466 e. The van der Waals surface area contributed by atoms with Crippen LogP contribution < -0.4 is 0 Å². The first-order valence-electron chi connectivity index (χ1n) is 7.26. The van der Waals surface area contributed by atoms with Gasteiger partial charge in [-0.15, -0.1) is 0 Å². The first-order chi connectivity index (χ1) is 10.7. The topological polar surface area (TPSA) is 79.7 Å². The van der Waals surface area contributed by atoms with Crippen molar-refractivity contribution in [1.82, 2.24) is 9.88 Å². The summed E-state index contributed by atoms with van der Waals surface area (Å²) in [6.45, 7) is 2.55. The zero-order chi connectivity index (χ0) is 15.9. The molecule has 2 rings (SSSR count). The van der Waals surface area contributed by atoms with Crippen molar-refractivity contribution in [3.8, 4) is 0 Å². The number of thioether (sulfide) groups is 1. The Morgan fingerprint density at radius 2 is 2.36 bits per heavy atom. The molecule has 0 bridgehead atoms. The van der Waals surface area contributed by atoms with Gasteiger partial charge in [0.2, 0.25) is 0 Å². The molecule has 1 aliphatic heterocycles. The average Bonchev–Trinajstić information content (AvgIpc) is 2.55. The van der Waals surface area contributed by atoms with Crippen LogP contribution in [0.4, 0.5) is 0 Å². The Morgan fingerprint density at radius 1 is 1.55 bits per heavy atom. The number of nitrogens with zero attached hydrogens (tertiary/aromatic N) is 2. The predicted molar refractivity (Wildman–Crippen MR) is 83.8 cm³/mol. The standard InChI is InChI=1S/C15H20N2O4S/c1-2-21-14(19)8-13-12(4-3-5-16-13)15(20)17-6-7-22-10-11(17)9-18/h3-5,11,18H,2,6-10H2,1H3. The van der Waals surface area contributed by atoms with E-state index in [1.807, 2.05) is 0 Å². The van der Waals surface area contributed by atoms with Gasteiger partial charge in [-0.1, -0.05) is 0 Å². The van der Waals surface area contributed by atoms with Crippen LogP contribution in [-0.4, -0.2) is 64.2 Å². The van der Waals surface area contributed by atoms with Crippen LogP contribution >= 0.6 is 11.8 Å². The van der Waals surface area contributed by atoms with Gasteiger partial charge in [-0.05, 0) is 19.1 Å². The fourth-order valence-electron chi connectivity index (χ4n) is 2.35. The first-order valence-corrected chi connectivity index (χ1v) is 8.42. The van der Waals surface area contributed by atoms with Gasteiger partial charge >= 0.3 is 5.97 Å². The molecule has 120 valence electrons. The minimum atomic E-state index is -0.400. The van der Waals surface area contributed by atoms with E-state index in [1.165, 1.54) is 0 Å². The normalized spacial score (nSPS) is 18.1. The van der Waals surface area contributed by atoms with Crippen molar-refractivity contribution in [1.29, 1.82) is 0 Å². The van der Waals surface area contributed by atoms with Crippen LogP contribution in [0.25, 0.3) is 0 Å². The number of aliphatic hydroxyl groups is 1. The van der Waals surface area contributed by atoms with E-state index in [0.29, 0.717) is 24.4 Å². The average molecular weight is 324 g/mol. The van der Waals surface area contributed by atoms with Gasteiger partial charge in [0.05, 0.1) is 36.9 Å². The number of carbonyl (C=O) groups is 2. The Kier molecular flexibility index (Phi) is 6.21. The Labute approximate surface area is 133 Å². The molecule has 0 radical (unpaired) electrons. The summed E-state index contributed by atoms with van der Waals surface area (Å²) in [5, 5.41) is 9.44. The molecule has 1 aromatic rings. The van der Waals surface area contributed by atoms with E-state index in [9.17, 15) is 14.7 Å². The number of aliphatic hydroxyl groups excluding tert-OH is 1. The number of esters is 1. The third-order valence-corrected chi connectivity index (χ3v) is 4.53. The molecule has 0 spiro atoms. The summed E-state index contributed by atoms with van der Waals surface area (Å²) in [5.74, 6) is 0.973. The highest BCUT2D eigenvalue weighted by Gasteiger charge is 2.29. The zero-order valence-electron chi connectivity index (χ0n) is 12.5. The zero-order valence-corrected chi connectivity index (χ0v) is 13.3. The maximum Gasteiger partial charge on any atom is 0.311 e. The smallest absolute Gasteiger partial charge is 0.311 e. The van der Waals surface area contributed by atoms with Crippen LogP contribution in [0.3, 0.4) is 0 Å². The lowest BCUT2D eigenvalue weighted by molar-refractivity contribution is -0.142. The molecular weight excluding hydrogens is 304 g/mol. The van der Waals surface area contributed by atoms with Gasteiger partial charge < -0.3 is 14.7 Å². The molecule has 1 unspecified atom stereocenters. The number of aromatic nitrogens is 1. The van der Waals surface area contributed by atoms with Gasteiger partial charge in [0.25, 0.3) is 5.91 Å². The van der Waals surface area contributed by atoms with E-state index in [0.717, 1.165) is 11.5 Å². The molecule has 1 atom stereocenters. The molecular formula is C15H20N2O4S. The fraction of sp³-hybridized carbons (Fsp3) is 0.533. The molecule has 0 aromatic carbocycles. The molecule has 1 aromatic heterocycles. The summed E-state index contributed by atoms with van der Waals surface area (Å²) >= 11 is 1.72. The van der Waals surface area contributed by atoms with Gasteiger partial charge in [0.1, 0.15) is 0 Å². The molecule has 1 aliphatic rings. The van der Waals surface area contributed by atoms with Crippen LogP contribution in [0.1, 0.15) is 23.0 Å². The highest BCUT2D eigenvalue weighted by atomic mass is 32.2. The van der Waals surface area contributed by atoms with Gasteiger partial charge in [-0.25, -0.2) is 0 Å². The summed E-state index contributed by atoms with van der Waals surface area (Å²) in [6, 6.07) is 3.15. The quantitative estimate of drug-likeness (QED) is 0.805. The minimum Gasteiger partial charge on any atom is -0.466 e. The number of hydrogen-bond donors (Lipinski definition) is 1. The molecule has 1 saturated heterocycles. The lowest BCUT2D eigenvalue weighted by Crippen LogP contribution is -2.48. The third-order valence-electron chi connectivity index (χ3n) is 3.44. The van der Waals surface area contributed by atoms with E-state index < -0.39 is 5.97 Å². The number of pyridine rings is 1. The Bertz CT molecular complexity index is 538. The lowest BCUT2D eigenvalue weighted by atomic mass is 10.1. The molecule has 6 nitrogen and oxygen atoms in total. The number of ether oxygens (including phenoxy) is 1. The van der Waals surface area contributed by atoms with Crippen LogP contribution in [0, 0.1) is 0 Å². The number of rotatable bonds is 5. The summed E-state index contributed by atoms with van der Waals surface area (Å²) in [5.41, 5.74) is 0.821. The van der Waals surface area contributed by atoms with E-state index in [-0.39, 0.29) is 25.0 Å². The van der Waals surface area contributed by atoms with Gasteiger partial charge in [0.15, 0.2) is 0 Å². The van der Waals surface area contributed by atoms with Crippen molar-refractivity contribution < 1.29 is 19.4 Å². The van der Waals surface area contributed by atoms with Crippen molar-refractivity contribution in [3.63, 3.8) is 0 Å². The van der Waals surface area contributed by atoms with Crippen LogP contribution in [0.15, 0.2) is 18.3 Å². The lowest BCUT2D eigenvalue weighted by Gasteiger charge is -2.34. The Hall–Kier alpha value is -1.60. The maximum absolute atomic E-state index is 12.7. The summed E-state index contributed by atoms with van der Waals surface area (Å²) < 4.78 is 4.92. The van der Waals surface area contributed by atoms with Gasteiger partial charge in [-0.2, -0.15) is 11.8 Å². The van der Waals surface area contributed by atoms with E-state index in [4.69, 9.17) is 4.74 Å². The number of carbonyl (C=O) groups excluding carboxylic acids is 2. The monoisotopic (exact) mass is 324 g/mol. The molecule has 22 heavy (non-hydrogen) atoms. The Morgan fingerprint density at radius 3 is 3.09 bits per heavy atom. The number of hydrogen-bond acceptors (Lipinski definition) is 6. The highest BCUT2D eigenvalue weighted by Crippen LogP contribution is 2.20. The predicted octanol–water partition coefficient (Wildman–Crippen LogP) is 0.737. The SMILES string of the molecule is CCOC(=O)Cc1ncccc1C(=O)N1CCSCC1CO. The van der Waals surface area contributed by atoms with Crippen molar-refractivity contribution in [2.75, 3.05) is 31.3 Å². The first kappa shape index (κ1) is 16.8. The third kappa shape index (κ3) is 3.98. The molecule has 0 saturated carbocycles. The highest BCUT2D eigenvalue weighted by molar-refractivity contribution is 7.99. The summed E-state index contributed by atoms with van der Waals surface area (Å²) in [4.78, 5) is 30.2. The van der Waals surface area contributed by atoms with Crippen molar-refractivity contribution in [2.45, 2.75) is 19.4 Å². The van der Waals surface area contributed by atoms with Crippen molar-refractivity contribution >= 4 is 23.6 Å². The molecule has 1 amide bonds. The second-order valence-corrected chi connectivity index (χ2v) is 6.04. The van der Waals surface area contributed by atoms with Gasteiger partial charge in [0, 0.05) is 24.2 Å². The number of amides is 1. The Balaban J connectivity index is 2.20. The van der Waals surface area contributed by atoms with E-state index >= 15 is 0 Å².